The molecule has 24 heavy (non-hydrogen) atoms. The van der Waals surface area contributed by atoms with Gasteiger partial charge in [0, 0.05) is 32.2 Å². The van der Waals surface area contributed by atoms with Gasteiger partial charge in [-0.2, -0.15) is 13.2 Å². The maximum Gasteiger partial charge on any atom is 0.416 e. The summed E-state index contributed by atoms with van der Waals surface area (Å²) in [4.78, 5) is 12.2. The Morgan fingerprint density at radius 1 is 1.33 bits per heavy atom. The molecule has 1 aromatic carbocycles. The Labute approximate surface area is 138 Å². The van der Waals surface area contributed by atoms with Crippen LogP contribution in [0, 0.1) is 5.82 Å². The highest BCUT2D eigenvalue weighted by atomic mass is 19.4. The van der Waals surface area contributed by atoms with E-state index < -0.39 is 23.5 Å². The first kappa shape index (κ1) is 18.9. The number of carbonyl (C=O) groups excluding carboxylic acids is 1. The topological polar surface area (TPSA) is 38.3 Å². The Balaban J connectivity index is 2.16. The van der Waals surface area contributed by atoms with Gasteiger partial charge in [-0.1, -0.05) is 13.0 Å². The monoisotopic (exact) mass is 347 g/mol. The largest absolute Gasteiger partial charge is 0.416 e. The van der Waals surface area contributed by atoms with E-state index in [-0.39, 0.29) is 30.4 Å². The standard InChI is InChI=1S/C17H21F4NO2/c1-2-16(23)14(10-22-12-5-7-24-8-6-12)13-4-3-11(9-15(13)18)17(19,20)21/h3-4,9,12,14,22H,2,5-8,10H2,1H3/t14-/m1/s1. The van der Waals surface area contributed by atoms with Gasteiger partial charge in [0.15, 0.2) is 0 Å². The maximum atomic E-state index is 14.2. The molecule has 0 aromatic heterocycles. The quantitative estimate of drug-likeness (QED) is 0.798. The first-order chi connectivity index (χ1) is 11.3. The highest BCUT2D eigenvalue weighted by molar-refractivity contribution is 5.85. The molecule has 7 heteroatoms. The Morgan fingerprint density at radius 3 is 2.54 bits per heavy atom. The van der Waals surface area contributed by atoms with Crippen LogP contribution in [0.5, 0.6) is 0 Å². The van der Waals surface area contributed by atoms with Gasteiger partial charge in [-0.05, 0) is 30.5 Å². The van der Waals surface area contributed by atoms with E-state index in [0.29, 0.717) is 19.3 Å². The number of carbonyl (C=O) groups is 1. The summed E-state index contributed by atoms with van der Waals surface area (Å²) in [5, 5.41) is 3.22. The zero-order chi connectivity index (χ0) is 17.7. The Bertz CT molecular complexity index is 568. The molecule has 0 unspecified atom stereocenters. The van der Waals surface area contributed by atoms with Crippen LogP contribution in [0.25, 0.3) is 0 Å². The molecule has 0 bridgehead atoms. The summed E-state index contributed by atoms with van der Waals surface area (Å²) in [5.74, 6) is -1.99. The molecular weight excluding hydrogens is 326 g/mol. The van der Waals surface area contributed by atoms with Crippen molar-refractivity contribution in [1.82, 2.24) is 5.32 Å². The number of Topliss-reactive ketones (excluding diaryl/α,β-unsaturated/α-hetero) is 1. The van der Waals surface area contributed by atoms with Crippen LogP contribution in [0.4, 0.5) is 17.6 Å². The lowest BCUT2D eigenvalue weighted by molar-refractivity contribution is -0.137. The van der Waals surface area contributed by atoms with Crippen molar-refractivity contribution in [1.29, 1.82) is 0 Å². The van der Waals surface area contributed by atoms with Crippen molar-refractivity contribution in [3.05, 3.63) is 35.1 Å². The molecule has 2 rings (SSSR count). The summed E-state index contributed by atoms with van der Waals surface area (Å²) in [6.07, 6.45) is -2.82. The molecule has 0 aliphatic carbocycles. The summed E-state index contributed by atoms with van der Waals surface area (Å²) in [5.41, 5.74) is -1.04. The fourth-order valence-corrected chi connectivity index (χ4v) is 2.82. The van der Waals surface area contributed by atoms with Gasteiger partial charge in [0.05, 0.1) is 11.5 Å². The molecule has 1 atom stereocenters. The van der Waals surface area contributed by atoms with Crippen molar-refractivity contribution in [2.75, 3.05) is 19.8 Å². The van der Waals surface area contributed by atoms with Crippen molar-refractivity contribution in [3.63, 3.8) is 0 Å². The summed E-state index contributed by atoms with van der Waals surface area (Å²) in [7, 11) is 0. The number of hydrogen-bond acceptors (Lipinski definition) is 3. The smallest absolute Gasteiger partial charge is 0.381 e. The van der Waals surface area contributed by atoms with Crippen LogP contribution < -0.4 is 5.32 Å². The molecule has 1 aliphatic heterocycles. The van der Waals surface area contributed by atoms with E-state index in [1.54, 1.807) is 6.92 Å². The second-order valence-corrected chi connectivity index (χ2v) is 5.90. The first-order valence-electron chi connectivity index (χ1n) is 8.03. The molecule has 1 fully saturated rings. The number of ketones is 1. The van der Waals surface area contributed by atoms with E-state index in [0.717, 1.165) is 25.0 Å². The first-order valence-corrected chi connectivity index (χ1v) is 8.03. The Kier molecular flexibility index (Phi) is 6.34. The van der Waals surface area contributed by atoms with Crippen LogP contribution in [0.1, 0.15) is 43.2 Å². The highest BCUT2D eigenvalue weighted by Crippen LogP contribution is 2.32. The minimum atomic E-state index is -4.61. The van der Waals surface area contributed by atoms with E-state index in [9.17, 15) is 22.4 Å². The molecule has 3 nitrogen and oxygen atoms in total. The molecule has 1 aliphatic rings. The van der Waals surface area contributed by atoms with Gasteiger partial charge >= 0.3 is 6.18 Å². The van der Waals surface area contributed by atoms with Gasteiger partial charge in [0.2, 0.25) is 0 Å². The molecule has 134 valence electrons. The molecule has 1 saturated heterocycles. The Hall–Kier alpha value is -1.47. The minimum Gasteiger partial charge on any atom is -0.381 e. The molecule has 0 saturated carbocycles. The molecule has 0 spiro atoms. The van der Waals surface area contributed by atoms with Crippen LogP contribution in [0.2, 0.25) is 0 Å². The fraction of sp³-hybridized carbons (Fsp3) is 0.588. The number of ether oxygens (including phenoxy) is 1. The van der Waals surface area contributed by atoms with E-state index in [1.807, 2.05) is 0 Å². The number of nitrogens with one attached hydrogen (secondary N) is 1. The predicted octanol–water partition coefficient (Wildman–Crippen LogP) is 3.68. The van der Waals surface area contributed by atoms with E-state index >= 15 is 0 Å². The molecule has 1 N–H and O–H groups in total. The summed E-state index contributed by atoms with van der Waals surface area (Å²) >= 11 is 0. The van der Waals surface area contributed by atoms with Crippen molar-refractivity contribution < 1.29 is 27.1 Å². The third kappa shape index (κ3) is 4.77. The van der Waals surface area contributed by atoms with Crippen LogP contribution in [0.15, 0.2) is 18.2 Å². The average Bonchev–Trinajstić information content (AvgIpc) is 2.55. The summed E-state index contributed by atoms with van der Waals surface area (Å²) in [6.45, 7) is 3.11. The third-order valence-corrected chi connectivity index (χ3v) is 4.27. The number of hydrogen-bond donors (Lipinski definition) is 1. The van der Waals surface area contributed by atoms with Gasteiger partial charge < -0.3 is 10.1 Å². The van der Waals surface area contributed by atoms with Crippen molar-refractivity contribution >= 4 is 5.78 Å². The van der Waals surface area contributed by atoms with Gasteiger partial charge in [-0.25, -0.2) is 4.39 Å². The second kappa shape index (κ2) is 8.07. The van der Waals surface area contributed by atoms with Gasteiger partial charge in [0.25, 0.3) is 0 Å². The minimum absolute atomic E-state index is 0.00871. The molecule has 1 aromatic rings. The maximum absolute atomic E-state index is 14.2. The van der Waals surface area contributed by atoms with Gasteiger partial charge in [0.1, 0.15) is 11.6 Å². The average molecular weight is 347 g/mol. The van der Waals surface area contributed by atoms with Crippen LogP contribution in [-0.4, -0.2) is 31.6 Å². The lowest BCUT2D eigenvalue weighted by atomic mass is 9.91. The van der Waals surface area contributed by atoms with Gasteiger partial charge in [-0.15, -0.1) is 0 Å². The van der Waals surface area contributed by atoms with Crippen molar-refractivity contribution in [3.8, 4) is 0 Å². The van der Waals surface area contributed by atoms with E-state index in [4.69, 9.17) is 4.74 Å². The van der Waals surface area contributed by atoms with Crippen LogP contribution in [-0.2, 0) is 15.7 Å². The molecule has 0 amide bonds. The lowest BCUT2D eigenvalue weighted by Crippen LogP contribution is -2.38. The Morgan fingerprint density at radius 2 is 2.00 bits per heavy atom. The van der Waals surface area contributed by atoms with Crippen molar-refractivity contribution in [2.45, 2.75) is 44.3 Å². The molecule has 1 heterocycles. The summed E-state index contributed by atoms with van der Waals surface area (Å²) < 4.78 is 57.4. The second-order valence-electron chi connectivity index (χ2n) is 5.90. The molecular formula is C17H21F4NO2. The lowest BCUT2D eigenvalue weighted by Gasteiger charge is -2.26. The SMILES string of the molecule is CCC(=O)[C@H](CNC1CCOCC1)c1ccc(C(F)(F)F)cc1F. The van der Waals surface area contributed by atoms with E-state index in [2.05, 4.69) is 5.32 Å². The normalized spacial score (nSPS) is 17.7. The van der Waals surface area contributed by atoms with Gasteiger partial charge in [-0.3, -0.25) is 4.79 Å². The van der Waals surface area contributed by atoms with Crippen LogP contribution in [0.3, 0.4) is 0 Å². The third-order valence-electron chi connectivity index (χ3n) is 4.27. The van der Waals surface area contributed by atoms with Crippen molar-refractivity contribution in [2.24, 2.45) is 0 Å². The zero-order valence-electron chi connectivity index (χ0n) is 13.5. The van der Waals surface area contributed by atoms with Crippen LogP contribution >= 0.6 is 0 Å². The number of halogens is 4. The van der Waals surface area contributed by atoms with E-state index in [1.165, 1.54) is 0 Å². The predicted molar refractivity (Wildman–Crippen MR) is 81.3 cm³/mol. The number of alkyl halides is 3. The summed E-state index contributed by atoms with van der Waals surface area (Å²) in [6, 6.07) is 2.52. The number of rotatable bonds is 6. The molecule has 0 radical (unpaired) electrons. The zero-order valence-corrected chi connectivity index (χ0v) is 13.5. The highest BCUT2D eigenvalue weighted by Gasteiger charge is 2.32. The number of benzene rings is 1. The fourth-order valence-electron chi connectivity index (χ4n) is 2.82.